The van der Waals surface area contributed by atoms with Crippen molar-refractivity contribution in [2.24, 2.45) is 5.92 Å². The summed E-state index contributed by atoms with van der Waals surface area (Å²) in [6.45, 7) is 1.94. The molecular formula is C19H19Cl2N3O2. The van der Waals surface area contributed by atoms with E-state index in [1.54, 1.807) is 42.7 Å². The number of hydrogen-bond acceptors (Lipinski definition) is 3. The zero-order chi connectivity index (χ0) is 18.5. The lowest BCUT2D eigenvalue weighted by Crippen LogP contribution is -2.41. The zero-order valence-electron chi connectivity index (χ0n) is 14.1. The molecule has 26 heavy (non-hydrogen) atoms. The van der Waals surface area contributed by atoms with Crippen LogP contribution in [0, 0.1) is 5.92 Å². The molecule has 1 aromatic heterocycles. The Morgan fingerprint density at radius 2 is 1.88 bits per heavy atom. The van der Waals surface area contributed by atoms with Gasteiger partial charge in [0.1, 0.15) is 0 Å². The molecule has 2 amide bonds. The Labute approximate surface area is 162 Å². The van der Waals surface area contributed by atoms with E-state index in [4.69, 9.17) is 23.2 Å². The lowest BCUT2D eigenvalue weighted by molar-refractivity contribution is 0.0684. The minimum absolute atomic E-state index is 0.0105. The number of likely N-dealkylation sites (tertiary alicyclic amines) is 1. The minimum atomic E-state index is -0.169. The molecule has 3 rings (SSSR count). The number of aromatic nitrogens is 1. The normalized spacial score (nSPS) is 14.9. The SMILES string of the molecule is O=C(NCC1CCN(C(=O)c2cccnc2)CC1)c1ccc(Cl)c(Cl)c1. The van der Waals surface area contributed by atoms with Gasteiger partial charge in [-0.3, -0.25) is 14.6 Å². The number of carbonyl (C=O) groups is 2. The monoisotopic (exact) mass is 391 g/mol. The summed E-state index contributed by atoms with van der Waals surface area (Å²) < 4.78 is 0. The molecular weight excluding hydrogens is 373 g/mol. The van der Waals surface area contributed by atoms with Gasteiger partial charge in [0.25, 0.3) is 11.8 Å². The van der Waals surface area contributed by atoms with Crippen molar-refractivity contribution < 1.29 is 9.59 Å². The van der Waals surface area contributed by atoms with E-state index in [-0.39, 0.29) is 11.8 Å². The van der Waals surface area contributed by atoms with Crippen molar-refractivity contribution in [2.45, 2.75) is 12.8 Å². The molecule has 0 spiro atoms. The van der Waals surface area contributed by atoms with Crippen molar-refractivity contribution in [2.75, 3.05) is 19.6 Å². The van der Waals surface area contributed by atoms with Crippen LogP contribution in [0.1, 0.15) is 33.6 Å². The molecule has 0 bridgehead atoms. The summed E-state index contributed by atoms with van der Waals surface area (Å²) in [5.41, 5.74) is 1.10. The van der Waals surface area contributed by atoms with E-state index in [1.807, 2.05) is 4.90 Å². The van der Waals surface area contributed by atoms with Gasteiger partial charge in [-0.1, -0.05) is 23.2 Å². The number of amides is 2. The van der Waals surface area contributed by atoms with Crippen LogP contribution in [0.2, 0.25) is 10.0 Å². The van der Waals surface area contributed by atoms with Gasteiger partial charge >= 0.3 is 0 Å². The predicted octanol–water partition coefficient (Wildman–Crippen LogP) is 3.67. The van der Waals surface area contributed by atoms with Crippen molar-refractivity contribution in [1.82, 2.24) is 15.2 Å². The number of hydrogen-bond donors (Lipinski definition) is 1. The first-order valence-electron chi connectivity index (χ1n) is 8.47. The first-order chi connectivity index (χ1) is 12.5. The van der Waals surface area contributed by atoms with E-state index in [9.17, 15) is 9.59 Å². The smallest absolute Gasteiger partial charge is 0.255 e. The second kappa shape index (κ2) is 8.52. The molecule has 0 unspecified atom stereocenters. The Morgan fingerprint density at radius 1 is 1.12 bits per heavy atom. The van der Waals surface area contributed by atoms with Crippen molar-refractivity contribution in [3.8, 4) is 0 Å². The van der Waals surface area contributed by atoms with Crippen LogP contribution in [0.5, 0.6) is 0 Å². The van der Waals surface area contributed by atoms with Gasteiger partial charge in [-0.2, -0.15) is 0 Å². The predicted molar refractivity (Wildman–Crippen MR) is 102 cm³/mol. The number of carbonyl (C=O) groups excluding carboxylic acids is 2. The fourth-order valence-electron chi connectivity index (χ4n) is 2.99. The molecule has 5 nitrogen and oxygen atoms in total. The number of nitrogens with zero attached hydrogens (tertiary/aromatic N) is 2. The molecule has 1 N–H and O–H groups in total. The third-order valence-electron chi connectivity index (χ3n) is 4.54. The van der Waals surface area contributed by atoms with Crippen LogP contribution in [0.4, 0.5) is 0 Å². The summed E-state index contributed by atoms with van der Waals surface area (Å²) in [7, 11) is 0. The fraction of sp³-hybridized carbons (Fsp3) is 0.316. The van der Waals surface area contributed by atoms with E-state index in [0.717, 1.165) is 12.8 Å². The van der Waals surface area contributed by atoms with Gasteiger partial charge in [-0.05, 0) is 49.1 Å². The highest BCUT2D eigenvalue weighted by Gasteiger charge is 2.24. The lowest BCUT2D eigenvalue weighted by Gasteiger charge is -2.32. The van der Waals surface area contributed by atoms with Gasteiger partial charge in [0, 0.05) is 37.6 Å². The average molecular weight is 392 g/mol. The van der Waals surface area contributed by atoms with E-state index in [1.165, 1.54) is 0 Å². The average Bonchev–Trinajstić information content (AvgIpc) is 2.68. The van der Waals surface area contributed by atoms with Crippen LogP contribution in [-0.4, -0.2) is 41.3 Å². The summed E-state index contributed by atoms with van der Waals surface area (Å²) in [5, 5.41) is 3.72. The summed E-state index contributed by atoms with van der Waals surface area (Å²) in [6, 6.07) is 8.37. The molecule has 2 aromatic rings. The molecule has 0 aliphatic carbocycles. The lowest BCUT2D eigenvalue weighted by atomic mass is 9.96. The highest BCUT2D eigenvalue weighted by Crippen LogP contribution is 2.23. The van der Waals surface area contributed by atoms with Crippen molar-refractivity contribution in [3.05, 3.63) is 63.9 Å². The van der Waals surface area contributed by atoms with Gasteiger partial charge in [-0.15, -0.1) is 0 Å². The number of pyridine rings is 1. The Hall–Kier alpha value is -2.11. The van der Waals surface area contributed by atoms with Crippen molar-refractivity contribution in [3.63, 3.8) is 0 Å². The fourth-order valence-corrected chi connectivity index (χ4v) is 3.29. The van der Waals surface area contributed by atoms with Gasteiger partial charge in [0.05, 0.1) is 15.6 Å². The zero-order valence-corrected chi connectivity index (χ0v) is 15.6. The summed E-state index contributed by atoms with van der Waals surface area (Å²) >= 11 is 11.8. The Bertz CT molecular complexity index is 791. The van der Waals surface area contributed by atoms with Gasteiger partial charge in [-0.25, -0.2) is 0 Å². The summed E-state index contributed by atoms with van der Waals surface area (Å²) in [6.07, 6.45) is 4.95. The second-order valence-electron chi connectivity index (χ2n) is 6.32. The molecule has 0 radical (unpaired) electrons. The molecule has 2 heterocycles. The number of rotatable bonds is 4. The minimum Gasteiger partial charge on any atom is -0.352 e. The number of halogens is 2. The van der Waals surface area contributed by atoms with Crippen LogP contribution in [0.25, 0.3) is 0 Å². The molecule has 0 saturated carbocycles. The van der Waals surface area contributed by atoms with Crippen LogP contribution in [0.3, 0.4) is 0 Å². The Kier molecular flexibility index (Phi) is 6.12. The van der Waals surface area contributed by atoms with Crippen LogP contribution in [-0.2, 0) is 0 Å². The second-order valence-corrected chi connectivity index (χ2v) is 7.13. The molecule has 7 heteroatoms. The maximum absolute atomic E-state index is 12.4. The largest absolute Gasteiger partial charge is 0.352 e. The molecule has 1 saturated heterocycles. The highest BCUT2D eigenvalue weighted by atomic mass is 35.5. The summed E-state index contributed by atoms with van der Waals surface area (Å²) in [5.74, 6) is 0.188. The van der Waals surface area contributed by atoms with E-state index in [2.05, 4.69) is 10.3 Å². The van der Waals surface area contributed by atoms with Crippen molar-refractivity contribution >= 4 is 35.0 Å². The molecule has 1 aliphatic heterocycles. The van der Waals surface area contributed by atoms with Crippen LogP contribution >= 0.6 is 23.2 Å². The van der Waals surface area contributed by atoms with E-state index < -0.39 is 0 Å². The van der Waals surface area contributed by atoms with Crippen LogP contribution < -0.4 is 5.32 Å². The topological polar surface area (TPSA) is 62.3 Å². The van der Waals surface area contributed by atoms with Gasteiger partial charge < -0.3 is 10.2 Å². The Balaban J connectivity index is 1.47. The number of piperidine rings is 1. The van der Waals surface area contributed by atoms with Crippen molar-refractivity contribution in [1.29, 1.82) is 0 Å². The third kappa shape index (κ3) is 4.54. The molecule has 1 aromatic carbocycles. The molecule has 1 fully saturated rings. The molecule has 136 valence electrons. The van der Waals surface area contributed by atoms with Gasteiger partial charge in [0.15, 0.2) is 0 Å². The number of benzene rings is 1. The van der Waals surface area contributed by atoms with E-state index >= 15 is 0 Å². The highest BCUT2D eigenvalue weighted by molar-refractivity contribution is 6.42. The van der Waals surface area contributed by atoms with E-state index in [0.29, 0.717) is 46.7 Å². The molecule has 0 atom stereocenters. The maximum atomic E-state index is 12.4. The maximum Gasteiger partial charge on any atom is 0.255 e. The summed E-state index contributed by atoms with van der Waals surface area (Å²) in [4.78, 5) is 30.5. The first kappa shape index (κ1) is 18.7. The standard InChI is InChI=1S/C19H19Cl2N3O2/c20-16-4-3-14(10-17(16)21)18(25)23-11-13-5-8-24(9-6-13)19(26)15-2-1-7-22-12-15/h1-4,7,10,12-13H,5-6,8-9,11H2,(H,23,25). The Morgan fingerprint density at radius 3 is 2.54 bits per heavy atom. The quantitative estimate of drug-likeness (QED) is 0.864. The van der Waals surface area contributed by atoms with Crippen LogP contribution in [0.15, 0.2) is 42.7 Å². The first-order valence-corrected chi connectivity index (χ1v) is 9.22. The molecule has 1 aliphatic rings. The third-order valence-corrected chi connectivity index (χ3v) is 5.28. The number of nitrogens with one attached hydrogen (secondary N) is 1. The van der Waals surface area contributed by atoms with Gasteiger partial charge in [0.2, 0.25) is 0 Å².